The summed E-state index contributed by atoms with van der Waals surface area (Å²) in [7, 11) is 0. The lowest BCUT2D eigenvalue weighted by Gasteiger charge is -2.22. The van der Waals surface area contributed by atoms with Crippen LogP contribution < -0.4 is 5.32 Å². The van der Waals surface area contributed by atoms with Gasteiger partial charge in [-0.3, -0.25) is 9.59 Å². The molecule has 25 heavy (non-hydrogen) atoms. The van der Waals surface area contributed by atoms with E-state index in [0.29, 0.717) is 23.0 Å². The fourth-order valence-corrected chi connectivity index (χ4v) is 4.78. The number of thiazole rings is 1. The van der Waals surface area contributed by atoms with Crippen LogP contribution in [0, 0.1) is 6.92 Å². The number of aryl methyl sites for hydroxylation is 1. The monoisotopic (exact) mass is 371 g/mol. The topological polar surface area (TPSA) is 62.3 Å². The van der Waals surface area contributed by atoms with Crippen molar-refractivity contribution in [3.8, 4) is 0 Å². The van der Waals surface area contributed by atoms with Gasteiger partial charge in [0.1, 0.15) is 6.04 Å². The molecule has 3 heterocycles. The minimum atomic E-state index is -0.428. The van der Waals surface area contributed by atoms with Crippen LogP contribution in [0.25, 0.3) is 10.2 Å². The quantitative estimate of drug-likeness (QED) is 0.759. The van der Waals surface area contributed by atoms with Gasteiger partial charge in [0.25, 0.3) is 5.91 Å². The van der Waals surface area contributed by atoms with E-state index < -0.39 is 6.04 Å². The minimum Gasteiger partial charge on any atom is -0.326 e. The summed E-state index contributed by atoms with van der Waals surface area (Å²) in [5.41, 5.74) is 2.00. The van der Waals surface area contributed by atoms with Crippen LogP contribution in [0.3, 0.4) is 0 Å². The first-order valence-corrected chi connectivity index (χ1v) is 9.84. The van der Waals surface area contributed by atoms with Crippen LogP contribution in [0.2, 0.25) is 0 Å². The highest BCUT2D eigenvalue weighted by molar-refractivity contribution is 7.22. The molecule has 3 aromatic rings. The molecule has 0 unspecified atom stereocenters. The number of anilines is 1. The maximum Gasteiger partial charge on any atom is 0.264 e. The first-order valence-electron chi connectivity index (χ1n) is 8.15. The summed E-state index contributed by atoms with van der Waals surface area (Å²) < 4.78 is 1.05. The number of amides is 2. The van der Waals surface area contributed by atoms with Crippen molar-refractivity contribution < 1.29 is 9.59 Å². The van der Waals surface area contributed by atoms with Crippen LogP contribution in [-0.4, -0.2) is 34.3 Å². The van der Waals surface area contributed by atoms with Crippen molar-refractivity contribution in [2.45, 2.75) is 25.8 Å². The number of carbonyl (C=O) groups excluding carboxylic acids is 2. The third kappa shape index (κ3) is 3.05. The molecule has 2 aromatic heterocycles. The van der Waals surface area contributed by atoms with Gasteiger partial charge in [0.05, 0.1) is 15.1 Å². The Morgan fingerprint density at radius 3 is 2.92 bits per heavy atom. The standard InChI is InChI=1S/C18H17N3O2S2/c1-11-5-2-7-13-15(11)19-18(25-13)20-16(22)12-6-3-9-21(12)17(23)14-8-4-10-24-14/h2,4-5,7-8,10,12H,3,6,9H2,1H3,(H,19,20,22)/t12-/m0/s1. The fourth-order valence-electron chi connectivity index (χ4n) is 3.15. The van der Waals surface area contributed by atoms with Crippen molar-refractivity contribution in [2.75, 3.05) is 11.9 Å². The van der Waals surface area contributed by atoms with Crippen molar-refractivity contribution in [1.29, 1.82) is 0 Å². The van der Waals surface area contributed by atoms with Crippen molar-refractivity contribution in [3.05, 3.63) is 46.2 Å². The molecule has 2 amide bonds. The van der Waals surface area contributed by atoms with E-state index in [-0.39, 0.29) is 11.8 Å². The zero-order chi connectivity index (χ0) is 17.4. The molecule has 5 nitrogen and oxygen atoms in total. The summed E-state index contributed by atoms with van der Waals surface area (Å²) in [5, 5.41) is 5.37. The van der Waals surface area contributed by atoms with Gasteiger partial charge in [-0.25, -0.2) is 4.98 Å². The molecule has 1 N–H and O–H groups in total. The van der Waals surface area contributed by atoms with E-state index in [4.69, 9.17) is 0 Å². The van der Waals surface area contributed by atoms with Gasteiger partial charge in [0, 0.05) is 6.54 Å². The number of fused-ring (bicyclic) bond motifs is 1. The summed E-state index contributed by atoms with van der Waals surface area (Å²) in [6, 6.07) is 9.22. The van der Waals surface area contributed by atoms with Crippen LogP contribution in [-0.2, 0) is 4.79 Å². The zero-order valence-electron chi connectivity index (χ0n) is 13.7. The Labute approximate surface area is 153 Å². The molecule has 1 aromatic carbocycles. The Morgan fingerprint density at radius 1 is 1.28 bits per heavy atom. The van der Waals surface area contributed by atoms with Gasteiger partial charge < -0.3 is 10.2 Å². The number of aromatic nitrogens is 1. The SMILES string of the molecule is Cc1cccc2sc(NC(=O)[C@@H]3CCCN3C(=O)c3cccs3)nc12. The predicted molar refractivity (Wildman–Crippen MR) is 101 cm³/mol. The second-order valence-electron chi connectivity index (χ2n) is 6.06. The van der Waals surface area contributed by atoms with Gasteiger partial charge in [-0.05, 0) is 42.8 Å². The first-order chi connectivity index (χ1) is 12.1. The molecule has 0 aliphatic carbocycles. The molecule has 7 heteroatoms. The van der Waals surface area contributed by atoms with Gasteiger partial charge >= 0.3 is 0 Å². The fraction of sp³-hybridized carbons (Fsp3) is 0.278. The number of hydrogen-bond acceptors (Lipinski definition) is 5. The average Bonchev–Trinajstić information content (AvgIpc) is 3.34. The molecular weight excluding hydrogens is 354 g/mol. The number of carbonyl (C=O) groups is 2. The minimum absolute atomic E-state index is 0.0622. The van der Waals surface area contributed by atoms with E-state index in [1.165, 1.54) is 22.7 Å². The van der Waals surface area contributed by atoms with E-state index in [1.54, 1.807) is 11.0 Å². The Balaban J connectivity index is 1.53. The van der Waals surface area contributed by atoms with E-state index in [0.717, 1.165) is 22.2 Å². The normalized spacial score (nSPS) is 17.2. The largest absolute Gasteiger partial charge is 0.326 e. The summed E-state index contributed by atoms with van der Waals surface area (Å²) >= 11 is 2.87. The first kappa shape index (κ1) is 16.2. The third-order valence-electron chi connectivity index (χ3n) is 4.40. The maximum absolute atomic E-state index is 12.7. The number of para-hydroxylation sites is 1. The van der Waals surface area contributed by atoms with Crippen LogP contribution in [0.4, 0.5) is 5.13 Å². The molecule has 0 bridgehead atoms. The van der Waals surface area contributed by atoms with Crippen molar-refractivity contribution in [1.82, 2.24) is 9.88 Å². The van der Waals surface area contributed by atoms with Gasteiger partial charge in [0.15, 0.2) is 5.13 Å². The third-order valence-corrected chi connectivity index (χ3v) is 6.19. The maximum atomic E-state index is 12.7. The number of likely N-dealkylation sites (tertiary alicyclic amines) is 1. The van der Waals surface area contributed by atoms with Gasteiger partial charge in [-0.15, -0.1) is 11.3 Å². The van der Waals surface area contributed by atoms with Crippen LogP contribution >= 0.6 is 22.7 Å². The van der Waals surface area contributed by atoms with Gasteiger partial charge in [-0.2, -0.15) is 0 Å². The van der Waals surface area contributed by atoms with E-state index in [9.17, 15) is 9.59 Å². The van der Waals surface area contributed by atoms with Crippen LogP contribution in [0.5, 0.6) is 0 Å². The molecule has 1 fully saturated rings. The lowest BCUT2D eigenvalue weighted by Crippen LogP contribution is -2.42. The Bertz CT molecular complexity index is 933. The lowest BCUT2D eigenvalue weighted by atomic mass is 10.2. The van der Waals surface area contributed by atoms with E-state index in [2.05, 4.69) is 10.3 Å². The molecule has 4 rings (SSSR count). The number of nitrogens with zero attached hydrogens (tertiary/aromatic N) is 2. The molecule has 1 aliphatic heterocycles. The van der Waals surface area contributed by atoms with E-state index in [1.807, 2.05) is 36.6 Å². The average molecular weight is 371 g/mol. The van der Waals surface area contributed by atoms with Crippen molar-refractivity contribution >= 4 is 49.8 Å². The van der Waals surface area contributed by atoms with Crippen molar-refractivity contribution in [2.24, 2.45) is 0 Å². The molecule has 0 spiro atoms. The number of rotatable bonds is 3. The van der Waals surface area contributed by atoms with E-state index >= 15 is 0 Å². The molecular formula is C18H17N3O2S2. The number of hydrogen-bond donors (Lipinski definition) is 1. The number of benzene rings is 1. The van der Waals surface area contributed by atoms with Gasteiger partial charge in [0.2, 0.25) is 5.91 Å². The van der Waals surface area contributed by atoms with Crippen molar-refractivity contribution in [3.63, 3.8) is 0 Å². The number of thiophene rings is 1. The molecule has 1 atom stereocenters. The molecule has 0 saturated carbocycles. The summed E-state index contributed by atoms with van der Waals surface area (Å²) in [6.45, 7) is 2.62. The zero-order valence-corrected chi connectivity index (χ0v) is 15.3. The van der Waals surface area contributed by atoms with Crippen LogP contribution in [0.1, 0.15) is 28.1 Å². The number of nitrogens with one attached hydrogen (secondary N) is 1. The second kappa shape index (κ2) is 6.57. The Hall–Kier alpha value is -2.25. The van der Waals surface area contributed by atoms with Crippen LogP contribution in [0.15, 0.2) is 35.7 Å². The summed E-state index contributed by atoms with van der Waals surface area (Å²) in [6.07, 6.45) is 1.53. The predicted octanol–water partition coefficient (Wildman–Crippen LogP) is 3.91. The Morgan fingerprint density at radius 2 is 2.16 bits per heavy atom. The highest BCUT2D eigenvalue weighted by Gasteiger charge is 2.35. The molecule has 1 aliphatic rings. The molecule has 0 radical (unpaired) electrons. The Kier molecular flexibility index (Phi) is 4.27. The summed E-state index contributed by atoms with van der Waals surface area (Å²) in [5.74, 6) is -0.216. The van der Waals surface area contributed by atoms with Gasteiger partial charge in [-0.1, -0.05) is 29.5 Å². The summed E-state index contributed by atoms with van der Waals surface area (Å²) in [4.78, 5) is 32.2. The lowest BCUT2D eigenvalue weighted by molar-refractivity contribution is -0.119. The highest BCUT2D eigenvalue weighted by atomic mass is 32.1. The second-order valence-corrected chi connectivity index (χ2v) is 8.04. The molecule has 128 valence electrons. The smallest absolute Gasteiger partial charge is 0.264 e. The molecule has 1 saturated heterocycles. The highest BCUT2D eigenvalue weighted by Crippen LogP contribution is 2.29.